The van der Waals surface area contributed by atoms with Crippen molar-refractivity contribution < 1.29 is 5.11 Å². The Bertz CT molecular complexity index is 1210. The minimum Gasteiger partial charge on any atom is -0.395 e. The second kappa shape index (κ2) is 9.56. The largest absolute Gasteiger partial charge is 0.395 e. The van der Waals surface area contributed by atoms with Gasteiger partial charge < -0.3 is 20.3 Å². The van der Waals surface area contributed by atoms with Crippen LogP contribution < -0.4 is 10.2 Å². The molecule has 0 spiro atoms. The molecule has 0 unspecified atom stereocenters. The topological polar surface area (TPSA) is 67.4 Å². The number of benzene rings is 2. The highest BCUT2D eigenvalue weighted by atomic mass is 32.1. The highest BCUT2D eigenvalue weighted by Crippen LogP contribution is 2.27. The van der Waals surface area contributed by atoms with E-state index in [9.17, 15) is 0 Å². The molecule has 4 aromatic rings. The summed E-state index contributed by atoms with van der Waals surface area (Å²) < 4.78 is 0. The van der Waals surface area contributed by atoms with Crippen LogP contribution in [-0.2, 0) is 0 Å². The molecule has 5 rings (SSSR count). The minimum absolute atomic E-state index is 0.229. The molecule has 0 saturated carbocycles. The van der Waals surface area contributed by atoms with Crippen molar-refractivity contribution in [2.75, 3.05) is 49.5 Å². The Morgan fingerprint density at radius 3 is 2.84 bits per heavy atom. The number of aliphatic hydroxyl groups is 1. The molecule has 1 saturated heterocycles. The van der Waals surface area contributed by atoms with E-state index >= 15 is 0 Å². The lowest BCUT2D eigenvalue weighted by Gasteiger charge is -2.35. The van der Waals surface area contributed by atoms with Gasteiger partial charge in [0.2, 0.25) is 0 Å². The van der Waals surface area contributed by atoms with Gasteiger partial charge in [-0.25, -0.2) is 4.98 Å². The molecule has 3 N–H and O–H groups in total. The summed E-state index contributed by atoms with van der Waals surface area (Å²) in [6.45, 7) is 4.91. The average Bonchev–Trinajstić information content (AvgIpc) is 3.47. The molecule has 2 aromatic carbocycles. The molecule has 0 amide bonds. The summed E-state index contributed by atoms with van der Waals surface area (Å²) in [4.78, 5) is 13.6. The smallest absolute Gasteiger partial charge is 0.187 e. The first-order valence-corrected chi connectivity index (χ1v) is 11.7. The van der Waals surface area contributed by atoms with Gasteiger partial charge in [-0.1, -0.05) is 29.5 Å². The molecular formula is C25H27N5OS. The van der Waals surface area contributed by atoms with Crippen LogP contribution in [0.25, 0.3) is 23.1 Å². The van der Waals surface area contributed by atoms with Gasteiger partial charge in [0.1, 0.15) is 0 Å². The number of hydrogen-bond donors (Lipinski definition) is 3. The number of aromatic amines is 1. The van der Waals surface area contributed by atoms with Gasteiger partial charge in [0.15, 0.2) is 5.13 Å². The maximum atomic E-state index is 9.13. The van der Waals surface area contributed by atoms with Gasteiger partial charge in [-0.3, -0.25) is 4.90 Å². The van der Waals surface area contributed by atoms with E-state index in [-0.39, 0.29) is 6.61 Å². The number of H-pyrrole nitrogens is 1. The molecule has 3 heterocycles. The van der Waals surface area contributed by atoms with Crippen molar-refractivity contribution in [1.29, 1.82) is 0 Å². The molecule has 0 radical (unpaired) electrons. The number of fused-ring (bicyclic) bond motifs is 1. The number of thiazole rings is 1. The fraction of sp³-hybridized carbons (Fsp3) is 0.240. The van der Waals surface area contributed by atoms with Crippen LogP contribution in [0.1, 0.15) is 10.4 Å². The highest BCUT2D eigenvalue weighted by Gasteiger charge is 2.16. The molecule has 0 bridgehead atoms. The zero-order valence-electron chi connectivity index (χ0n) is 17.9. The Hall–Kier alpha value is -3.13. The molecule has 0 aliphatic carbocycles. The van der Waals surface area contributed by atoms with Crippen LogP contribution in [0.5, 0.6) is 0 Å². The molecule has 2 aromatic heterocycles. The van der Waals surface area contributed by atoms with Gasteiger partial charge in [0.05, 0.1) is 6.61 Å². The van der Waals surface area contributed by atoms with Gasteiger partial charge in [-0.15, -0.1) is 0 Å². The molecule has 32 heavy (non-hydrogen) atoms. The van der Waals surface area contributed by atoms with Crippen molar-refractivity contribution in [3.8, 4) is 0 Å². The van der Waals surface area contributed by atoms with E-state index in [0.29, 0.717) is 0 Å². The number of hydrogen-bond acceptors (Lipinski definition) is 6. The summed E-state index contributed by atoms with van der Waals surface area (Å²) in [5.41, 5.74) is 4.59. The fourth-order valence-corrected chi connectivity index (χ4v) is 4.79. The Morgan fingerprint density at radius 1 is 1.06 bits per heavy atom. The number of nitrogens with zero attached hydrogens (tertiary/aromatic N) is 3. The third-order valence-electron chi connectivity index (χ3n) is 5.79. The van der Waals surface area contributed by atoms with Gasteiger partial charge in [0.25, 0.3) is 0 Å². The van der Waals surface area contributed by atoms with E-state index in [2.05, 4.69) is 85.8 Å². The lowest BCUT2D eigenvalue weighted by molar-refractivity contribution is 0.189. The van der Waals surface area contributed by atoms with Gasteiger partial charge in [0, 0.05) is 66.9 Å². The van der Waals surface area contributed by atoms with Crippen molar-refractivity contribution in [2.45, 2.75) is 0 Å². The zero-order valence-corrected chi connectivity index (χ0v) is 18.7. The third-order valence-corrected chi connectivity index (χ3v) is 6.67. The maximum absolute atomic E-state index is 9.13. The summed E-state index contributed by atoms with van der Waals surface area (Å²) in [6, 6.07) is 17.0. The first kappa shape index (κ1) is 20.8. The molecule has 1 fully saturated rings. The Morgan fingerprint density at radius 2 is 1.97 bits per heavy atom. The average molecular weight is 446 g/mol. The lowest BCUT2D eigenvalue weighted by Crippen LogP contribution is -2.47. The quantitative estimate of drug-likeness (QED) is 0.386. The Labute approximate surface area is 191 Å². The van der Waals surface area contributed by atoms with Crippen LogP contribution >= 0.6 is 11.3 Å². The molecule has 6 nitrogen and oxygen atoms in total. The summed E-state index contributed by atoms with van der Waals surface area (Å²) in [5, 5.41) is 14.7. The normalized spacial score (nSPS) is 15.1. The highest BCUT2D eigenvalue weighted by molar-refractivity contribution is 7.16. The lowest BCUT2D eigenvalue weighted by atomic mass is 10.1. The van der Waals surface area contributed by atoms with Crippen molar-refractivity contribution in [3.63, 3.8) is 0 Å². The van der Waals surface area contributed by atoms with Gasteiger partial charge >= 0.3 is 0 Å². The van der Waals surface area contributed by atoms with E-state index in [4.69, 9.17) is 5.11 Å². The predicted molar refractivity (Wildman–Crippen MR) is 135 cm³/mol. The number of β-amino-alcohol motifs (C(OH)–C–C–N with tert-alkyl or cyclic N) is 1. The third kappa shape index (κ3) is 4.85. The number of anilines is 3. The molecule has 0 atom stereocenters. The second-order valence-corrected chi connectivity index (χ2v) is 9.02. The number of rotatable bonds is 7. The number of nitrogens with one attached hydrogen (secondary N) is 2. The van der Waals surface area contributed by atoms with Crippen LogP contribution in [0.15, 0.2) is 60.9 Å². The van der Waals surface area contributed by atoms with E-state index < -0.39 is 0 Å². The van der Waals surface area contributed by atoms with Gasteiger partial charge in [-0.05, 0) is 53.4 Å². The Kier molecular flexibility index (Phi) is 6.20. The number of piperazine rings is 1. The molecule has 7 heteroatoms. The fourth-order valence-electron chi connectivity index (χ4n) is 4.05. The molecule has 1 aliphatic rings. The number of aliphatic hydroxyl groups excluding tert-OH is 1. The van der Waals surface area contributed by atoms with Gasteiger partial charge in [-0.2, -0.15) is 0 Å². The zero-order chi connectivity index (χ0) is 21.8. The predicted octanol–water partition coefficient (Wildman–Crippen LogP) is 4.65. The van der Waals surface area contributed by atoms with Crippen LogP contribution in [0.4, 0.5) is 16.5 Å². The standard InChI is InChI=1S/C25H27N5OS/c31-15-14-29-10-12-30(13-11-29)22-3-1-2-21(17-22)28-25-27-18-23(32-25)6-4-19-5-7-24-20(16-19)8-9-26-24/h1-9,16-18,26,31H,10-15H2,(H,27,28)/b6-4+. The Balaban J connectivity index is 1.22. The SMILES string of the molecule is OCCN1CCN(c2cccc(Nc3ncc(/C=C/c4ccc5[nH]ccc5c4)s3)c2)CC1. The van der Waals surface area contributed by atoms with Crippen LogP contribution in [-0.4, -0.2) is 59.3 Å². The summed E-state index contributed by atoms with van der Waals surface area (Å²) >= 11 is 1.64. The summed E-state index contributed by atoms with van der Waals surface area (Å²) in [5.74, 6) is 0. The molecular weight excluding hydrogens is 418 g/mol. The van der Waals surface area contributed by atoms with Crippen LogP contribution in [0.2, 0.25) is 0 Å². The second-order valence-electron chi connectivity index (χ2n) is 7.95. The van der Waals surface area contributed by atoms with Crippen molar-refractivity contribution in [2.24, 2.45) is 0 Å². The molecule has 164 valence electrons. The van der Waals surface area contributed by atoms with Crippen molar-refractivity contribution in [3.05, 3.63) is 71.4 Å². The summed E-state index contributed by atoms with van der Waals surface area (Å²) in [7, 11) is 0. The van der Waals surface area contributed by atoms with E-state index in [1.807, 2.05) is 12.4 Å². The van der Waals surface area contributed by atoms with Crippen molar-refractivity contribution >= 4 is 50.9 Å². The van der Waals surface area contributed by atoms with Crippen molar-refractivity contribution in [1.82, 2.24) is 14.9 Å². The first-order valence-electron chi connectivity index (χ1n) is 10.9. The first-order chi connectivity index (χ1) is 15.8. The monoisotopic (exact) mass is 445 g/mol. The number of aromatic nitrogens is 2. The van der Waals surface area contributed by atoms with E-state index in [1.54, 1.807) is 11.3 Å². The van der Waals surface area contributed by atoms with E-state index in [0.717, 1.165) is 53.9 Å². The van der Waals surface area contributed by atoms with Crippen LogP contribution in [0, 0.1) is 0 Å². The maximum Gasteiger partial charge on any atom is 0.187 e. The summed E-state index contributed by atoms with van der Waals surface area (Å²) in [6.07, 6.45) is 8.10. The molecule has 1 aliphatic heterocycles. The van der Waals surface area contributed by atoms with E-state index in [1.165, 1.54) is 16.6 Å². The minimum atomic E-state index is 0.229. The van der Waals surface area contributed by atoms with Crippen LogP contribution in [0.3, 0.4) is 0 Å².